The number of likely N-dealkylation sites (tertiary alicyclic amines) is 1. The van der Waals surface area contributed by atoms with Gasteiger partial charge in [-0.2, -0.15) is 0 Å². The van der Waals surface area contributed by atoms with Gasteiger partial charge in [0.1, 0.15) is 17.2 Å². The van der Waals surface area contributed by atoms with Crippen molar-refractivity contribution < 1.29 is 23.9 Å². The lowest BCUT2D eigenvalue weighted by molar-refractivity contribution is -0.121. The average Bonchev–Trinajstić information content (AvgIpc) is 3.41. The van der Waals surface area contributed by atoms with E-state index in [-0.39, 0.29) is 17.8 Å². The smallest absolute Gasteiger partial charge is 0.410 e. The van der Waals surface area contributed by atoms with E-state index in [9.17, 15) is 14.4 Å². The first-order valence-electron chi connectivity index (χ1n) is 12.0. The normalized spacial score (nSPS) is 21.2. The van der Waals surface area contributed by atoms with Crippen molar-refractivity contribution in [3.8, 4) is 11.1 Å². The highest BCUT2D eigenvalue weighted by Crippen LogP contribution is 2.50. The number of carbonyl (C=O) groups excluding carboxylic acids is 3. The van der Waals surface area contributed by atoms with Crippen LogP contribution in [0.15, 0.2) is 48.5 Å². The Bertz CT molecular complexity index is 1130. The van der Waals surface area contributed by atoms with E-state index >= 15 is 0 Å². The van der Waals surface area contributed by atoms with E-state index in [4.69, 9.17) is 9.47 Å². The molecule has 1 N–H and O–H groups in total. The van der Waals surface area contributed by atoms with Crippen molar-refractivity contribution in [2.45, 2.75) is 65.2 Å². The average molecular weight is 479 g/mol. The first-order chi connectivity index (χ1) is 16.3. The summed E-state index contributed by atoms with van der Waals surface area (Å²) in [5.74, 6) is 0.00327. The Kier molecular flexibility index (Phi) is 6.38. The predicted molar refractivity (Wildman–Crippen MR) is 134 cm³/mol. The SMILES string of the molecule is CC(C)(C)OC(=O)c1cccc(-c2ccc(NC(=O)[C@H]3[C@@H]4C[C@@H]4CN3C(=O)OC(C)(C)C)cc2)c1. The van der Waals surface area contributed by atoms with Crippen molar-refractivity contribution in [2.75, 3.05) is 11.9 Å². The third-order valence-corrected chi connectivity index (χ3v) is 6.03. The summed E-state index contributed by atoms with van der Waals surface area (Å²) in [5.41, 5.74) is 1.74. The molecule has 2 aliphatic rings. The number of hydrogen-bond donors (Lipinski definition) is 1. The maximum absolute atomic E-state index is 13.1. The molecular formula is C28H34N2O5. The van der Waals surface area contributed by atoms with Crippen LogP contribution in [0.2, 0.25) is 0 Å². The number of nitrogens with zero attached hydrogens (tertiary/aromatic N) is 1. The van der Waals surface area contributed by atoms with Crippen LogP contribution in [0.5, 0.6) is 0 Å². The standard InChI is InChI=1S/C28H34N2O5/c1-27(2,3)34-25(32)19-9-7-8-18(14-19)17-10-12-21(13-11-17)29-24(31)23-22-15-20(22)16-30(23)26(33)35-28(4,5)6/h7-14,20,22-23H,15-16H2,1-6H3,(H,29,31)/t20-,22-,23-/m1/s1. The molecular weight excluding hydrogens is 444 g/mol. The monoisotopic (exact) mass is 478 g/mol. The van der Waals surface area contributed by atoms with Gasteiger partial charge in [-0.15, -0.1) is 0 Å². The predicted octanol–water partition coefficient (Wildman–Crippen LogP) is 5.50. The van der Waals surface area contributed by atoms with Crippen molar-refractivity contribution in [2.24, 2.45) is 11.8 Å². The third-order valence-electron chi connectivity index (χ3n) is 6.03. The second-order valence-electron chi connectivity index (χ2n) is 11.4. The van der Waals surface area contributed by atoms with Crippen LogP contribution in [0.3, 0.4) is 0 Å². The molecule has 2 fully saturated rings. The molecule has 2 amide bonds. The summed E-state index contributed by atoms with van der Waals surface area (Å²) < 4.78 is 11.0. The number of ether oxygens (including phenoxy) is 2. The van der Waals surface area contributed by atoms with E-state index in [1.54, 1.807) is 17.0 Å². The summed E-state index contributed by atoms with van der Waals surface area (Å²) >= 11 is 0. The maximum Gasteiger partial charge on any atom is 0.410 e. The maximum atomic E-state index is 13.1. The number of esters is 1. The zero-order valence-corrected chi connectivity index (χ0v) is 21.3. The van der Waals surface area contributed by atoms with Gasteiger partial charge >= 0.3 is 12.1 Å². The van der Waals surface area contributed by atoms with Crippen LogP contribution in [0.1, 0.15) is 58.3 Å². The molecule has 2 aromatic carbocycles. The molecule has 7 heteroatoms. The van der Waals surface area contributed by atoms with E-state index in [1.807, 2.05) is 77.9 Å². The minimum Gasteiger partial charge on any atom is -0.456 e. The van der Waals surface area contributed by atoms with Gasteiger partial charge in [-0.1, -0.05) is 24.3 Å². The summed E-state index contributed by atoms with van der Waals surface area (Å²) in [6, 6.07) is 14.2. The zero-order chi connectivity index (χ0) is 25.5. The van der Waals surface area contributed by atoms with E-state index in [0.717, 1.165) is 17.5 Å². The lowest BCUT2D eigenvalue weighted by atomic mass is 10.0. The van der Waals surface area contributed by atoms with Crippen LogP contribution in [-0.4, -0.2) is 46.7 Å². The number of rotatable bonds is 4. The fraction of sp³-hybridized carbons (Fsp3) is 0.464. The number of nitrogens with one attached hydrogen (secondary N) is 1. The Morgan fingerprint density at radius 1 is 0.886 bits per heavy atom. The molecule has 3 atom stereocenters. The van der Waals surface area contributed by atoms with Crippen molar-refractivity contribution in [3.05, 3.63) is 54.1 Å². The molecule has 1 aliphatic carbocycles. The number of piperidine rings is 1. The first-order valence-corrected chi connectivity index (χ1v) is 12.0. The van der Waals surface area contributed by atoms with Gasteiger partial charge in [-0.05, 0) is 95.2 Å². The molecule has 186 valence electrons. The number of fused-ring (bicyclic) bond motifs is 1. The lowest BCUT2D eigenvalue weighted by Gasteiger charge is -2.29. The molecule has 35 heavy (non-hydrogen) atoms. The first kappa shape index (κ1) is 24.8. The van der Waals surface area contributed by atoms with Gasteiger partial charge in [-0.25, -0.2) is 9.59 Å². The molecule has 4 rings (SSSR count). The summed E-state index contributed by atoms with van der Waals surface area (Å²) in [4.78, 5) is 39.7. The topological polar surface area (TPSA) is 84.9 Å². The van der Waals surface area contributed by atoms with Crippen LogP contribution in [0.25, 0.3) is 11.1 Å². The highest BCUT2D eigenvalue weighted by molar-refractivity contribution is 5.98. The second-order valence-corrected chi connectivity index (χ2v) is 11.4. The number of amides is 2. The highest BCUT2D eigenvalue weighted by Gasteiger charge is 2.57. The molecule has 0 radical (unpaired) electrons. The Morgan fingerprint density at radius 3 is 2.17 bits per heavy atom. The number of hydrogen-bond acceptors (Lipinski definition) is 5. The molecule has 0 spiro atoms. The van der Waals surface area contributed by atoms with E-state index in [1.165, 1.54) is 0 Å². The zero-order valence-electron chi connectivity index (χ0n) is 21.3. The number of anilines is 1. The van der Waals surface area contributed by atoms with Crippen molar-refractivity contribution >= 4 is 23.7 Å². The minimum absolute atomic E-state index is 0.192. The molecule has 0 bridgehead atoms. The fourth-order valence-corrected chi connectivity index (χ4v) is 4.43. The highest BCUT2D eigenvalue weighted by atomic mass is 16.6. The fourth-order valence-electron chi connectivity index (χ4n) is 4.43. The summed E-state index contributed by atoms with van der Waals surface area (Å²) in [6.45, 7) is 11.5. The van der Waals surface area contributed by atoms with Crippen LogP contribution in [0, 0.1) is 11.8 Å². The van der Waals surface area contributed by atoms with Gasteiger partial charge in [0.15, 0.2) is 0 Å². The van der Waals surface area contributed by atoms with Crippen LogP contribution in [0.4, 0.5) is 10.5 Å². The van der Waals surface area contributed by atoms with Crippen LogP contribution in [-0.2, 0) is 14.3 Å². The van der Waals surface area contributed by atoms with Crippen molar-refractivity contribution in [1.29, 1.82) is 0 Å². The van der Waals surface area contributed by atoms with E-state index < -0.39 is 23.3 Å². The lowest BCUT2D eigenvalue weighted by Crippen LogP contribution is -2.47. The molecule has 7 nitrogen and oxygen atoms in total. The number of benzene rings is 2. The van der Waals surface area contributed by atoms with Crippen molar-refractivity contribution in [3.63, 3.8) is 0 Å². The molecule has 1 saturated carbocycles. The molecule has 1 aliphatic heterocycles. The van der Waals surface area contributed by atoms with E-state index in [2.05, 4.69) is 5.32 Å². The van der Waals surface area contributed by atoms with Gasteiger partial charge in [0.25, 0.3) is 0 Å². The largest absolute Gasteiger partial charge is 0.456 e. The molecule has 2 aromatic rings. The van der Waals surface area contributed by atoms with Crippen LogP contribution >= 0.6 is 0 Å². The van der Waals surface area contributed by atoms with Gasteiger partial charge in [0.05, 0.1) is 5.56 Å². The van der Waals surface area contributed by atoms with Gasteiger partial charge in [0, 0.05) is 12.2 Å². The number of carbonyl (C=O) groups is 3. The molecule has 1 heterocycles. The Labute approximate surface area is 206 Å². The van der Waals surface area contributed by atoms with Gasteiger partial charge < -0.3 is 14.8 Å². The summed E-state index contributed by atoms with van der Waals surface area (Å²) in [5, 5.41) is 2.96. The Hall–Kier alpha value is -3.35. The molecule has 1 saturated heterocycles. The second kappa shape index (κ2) is 9.02. The summed E-state index contributed by atoms with van der Waals surface area (Å²) in [7, 11) is 0. The van der Waals surface area contributed by atoms with E-state index in [0.29, 0.717) is 23.7 Å². The summed E-state index contributed by atoms with van der Waals surface area (Å²) in [6.07, 6.45) is 0.523. The third kappa shape index (κ3) is 6.02. The van der Waals surface area contributed by atoms with Gasteiger partial charge in [-0.3, -0.25) is 9.69 Å². The minimum atomic E-state index is -0.610. The van der Waals surface area contributed by atoms with Gasteiger partial charge in [0.2, 0.25) is 5.91 Å². The Morgan fingerprint density at radius 2 is 1.54 bits per heavy atom. The Balaban J connectivity index is 1.43. The van der Waals surface area contributed by atoms with Crippen LogP contribution < -0.4 is 5.32 Å². The molecule has 0 aromatic heterocycles. The molecule has 0 unspecified atom stereocenters. The van der Waals surface area contributed by atoms with Crippen molar-refractivity contribution in [1.82, 2.24) is 4.90 Å². The quantitative estimate of drug-likeness (QED) is 0.587.